The van der Waals surface area contributed by atoms with E-state index in [-0.39, 0.29) is 0 Å². The number of rotatable bonds is 26. The Balaban J connectivity index is 1.07. The second-order valence-corrected chi connectivity index (χ2v) is 15.3. The highest BCUT2D eigenvalue weighted by Crippen LogP contribution is 2.23. The Labute approximate surface area is 312 Å². The van der Waals surface area contributed by atoms with E-state index in [1.54, 1.807) is 22.3 Å². The van der Waals surface area contributed by atoms with Crippen LogP contribution in [0.1, 0.15) is 168 Å². The third-order valence-corrected chi connectivity index (χ3v) is 10.8. The Morgan fingerprint density at radius 3 is 0.961 bits per heavy atom. The van der Waals surface area contributed by atoms with Crippen LogP contribution in [0.5, 0.6) is 0 Å². The molecule has 0 heterocycles. The first-order chi connectivity index (χ1) is 25.0. The minimum Gasteiger partial charge on any atom is -0.399 e. The Bertz CT molecular complexity index is 1390. The normalized spacial score (nSPS) is 11.3. The molecule has 0 saturated carbocycles. The fourth-order valence-electron chi connectivity index (χ4n) is 7.63. The maximum absolute atomic E-state index is 5.90. The molecule has 4 aromatic rings. The van der Waals surface area contributed by atoms with Crippen LogP contribution in [0.15, 0.2) is 84.9 Å². The number of benzene rings is 4. The average molecular weight is 687 g/mol. The van der Waals surface area contributed by atoms with Gasteiger partial charge in [-0.3, -0.25) is 0 Å². The zero-order valence-corrected chi connectivity index (χ0v) is 32.5. The van der Waals surface area contributed by atoms with Crippen molar-refractivity contribution in [3.63, 3.8) is 0 Å². The van der Waals surface area contributed by atoms with Gasteiger partial charge in [0.25, 0.3) is 0 Å². The van der Waals surface area contributed by atoms with E-state index >= 15 is 0 Å². The van der Waals surface area contributed by atoms with Crippen molar-refractivity contribution in [3.05, 3.63) is 129 Å². The molecule has 0 aliphatic heterocycles. The number of anilines is 2. The molecule has 276 valence electrons. The molecule has 0 bridgehead atoms. The molecule has 0 fully saturated rings. The summed E-state index contributed by atoms with van der Waals surface area (Å²) in [6, 6.07) is 31.3. The summed E-state index contributed by atoms with van der Waals surface area (Å²) in [5.74, 6) is 0. The van der Waals surface area contributed by atoms with Gasteiger partial charge in [0, 0.05) is 11.4 Å². The highest BCUT2D eigenvalue weighted by molar-refractivity contribution is 5.43. The van der Waals surface area contributed by atoms with Crippen LogP contribution in [0, 0.1) is 0 Å². The lowest BCUT2D eigenvalue weighted by atomic mass is 9.93. The molecular formula is C49H70N2. The molecule has 0 atom stereocenters. The lowest BCUT2D eigenvalue weighted by Gasteiger charge is -2.13. The van der Waals surface area contributed by atoms with Gasteiger partial charge >= 0.3 is 0 Å². The minimum atomic E-state index is 0.840. The monoisotopic (exact) mass is 687 g/mol. The van der Waals surface area contributed by atoms with Gasteiger partial charge in [-0.25, -0.2) is 0 Å². The third-order valence-electron chi connectivity index (χ3n) is 10.8. The Morgan fingerprint density at radius 1 is 0.314 bits per heavy atom. The number of aryl methyl sites for hydroxylation is 4. The molecule has 0 radical (unpaired) electrons. The molecule has 4 aromatic carbocycles. The van der Waals surface area contributed by atoms with Gasteiger partial charge in [-0.15, -0.1) is 0 Å². The summed E-state index contributed by atoms with van der Waals surface area (Å²) < 4.78 is 0. The predicted octanol–water partition coefficient (Wildman–Crippen LogP) is 13.6. The van der Waals surface area contributed by atoms with E-state index in [9.17, 15) is 0 Å². The quantitative estimate of drug-likeness (QED) is 0.0510. The topological polar surface area (TPSA) is 52.0 Å². The van der Waals surface area contributed by atoms with Crippen molar-refractivity contribution in [3.8, 4) is 0 Å². The fourth-order valence-corrected chi connectivity index (χ4v) is 7.63. The van der Waals surface area contributed by atoms with Crippen LogP contribution in [0.25, 0.3) is 0 Å². The lowest BCUT2D eigenvalue weighted by molar-refractivity contribution is 0.545. The van der Waals surface area contributed by atoms with Crippen molar-refractivity contribution in [2.24, 2.45) is 0 Å². The van der Waals surface area contributed by atoms with Crippen molar-refractivity contribution in [2.45, 2.75) is 162 Å². The van der Waals surface area contributed by atoms with Crippen LogP contribution in [0.4, 0.5) is 11.4 Å². The molecule has 0 aromatic heterocycles. The van der Waals surface area contributed by atoms with E-state index in [1.165, 1.54) is 157 Å². The molecule has 4 rings (SSSR count). The molecule has 0 saturated heterocycles. The largest absolute Gasteiger partial charge is 0.399 e. The van der Waals surface area contributed by atoms with Crippen LogP contribution in [0.2, 0.25) is 0 Å². The summed E-state index contributed by atoms with van der Waals surface area (Å²) >= 11 is 0. The van der Waals surface area contributed by atoms with Crippen LogP contribution in [0.3, 0.4) is 0 Å². The summed E-state index contributed by atoms with van der Waals surface area (Å²) in [7, 11) is 0. The Hall–Kier alpha value is -3.52. The smallest absolute Gasteiger partial charge is 0.0314 e. The van der Waals surface area contributed by atoms with E-state index in [1.807, 2.05) is 24.3 Å². The zero-order chi connectivity index (χ0) is 35.9. The van der Waals surface area contributed by atoms with Gasteiger partial charge in [0.05, 0.1) is 0 Å². The molecule has 0 aliphatic carbocycles. The molecule has 2 nitrogen and oxygen atoms in total. The highest BCUT2D eigenvalue weighted by Gasteiger charge is 2.08. The summed E-state index contributed by atoms with van der Waals surface area (Å²) in [6.07, 6.45) is 29.9. The first kappa shape index (κ1) is 40.3. The Kier molecular flexibility index (Phi) is 18.8. The number of unbranched alkanes of at least 4 members (excludes halogenated alkanes) is 14. The third kappa shape index (κ3) is 15.7. The molecule has 51 heavy (non-hydrogen) atoms. The first-order valence-corrected chi connectivity index (χ1v) is 20.9. The molecule has 4 N–H and O–H groups in total. The minimum absolute atomic E-state index is 0.840. The molecule has 2 heteroatoms. The molecule has 0 spiro atoms. The number of hydrogen-bond donors (Lipinski definition) is 2. The fraction of sp³-hybridized carbons (Fsp3) is 0.510. The van der Waals surface area contributed by atoms with E-state index in [4.69, 9.17) is 11.5 Å². The molecule has 0 aliphatic rings. The SMILES string of the molecule is CCCCCc1cc(Cc2ccc(N)cc2)ccc1CCCCCCCCCCCCCc1ccc(Cc2ccc(N)cc2)cc1CCCCC. The summed E-state index contributed by atoms with van der Waals surface area (Å²) in [6.45, 7) is 4.60. The van der Waals surface area contributed by atoms with E-state index in [2.05, 4.69) is 74.5 Å². The molecule has 0 unspecified atom stereocenters. The van der Waals surface area contributed by atoms with Gasteiger partial charge in [0.2, 0.25) is 0 Å². The summed E-state index contributed by atoms with van der Waals surface area (Å²) in [5, 5.41) is 0. The van der Waals surface area contributed by atoms with Crippen molar-refractivity contribution < 1.29 is 0 Å². The van der Waals surface area contributed by atoms with Crippen molar-refractivity contribution in [2.75, 3.05) is 11.5 Å². The second-order valence-electron chi connectivity index (χ2n) is 15.3. The average Bonchev–Trinajstić information content (AvgIpc) is 3.14. The van der Waals surface area contributed by atoms with Gasteiger partial charge in [-0.05, 0) is 133 Å². The molecule has 0 amide bonds. The molecular weight excluding hydrogens is 617 g/mol. The van der Waals surface area contributed by atoms with Crippen LogP contribution in [-0.2, 0) is 38.5 Å². The van der Waals surface area contributed by atoms with Gasteiger partial charge in [-0.1, -0.05) is 158 Å². The first-order valence-electron chi connectivity index (χ1n) is 20.9. The standard InChI is InChI=1S/C49H70N2/c1-3-5-16-22-46-38-42(36-40-26-32-48(50)33-27-40)24-30-44(46)20-18-14-12-10-8-7-9-11-13-15-19-21-45-31-25-43(39-47(45)23-17-6-4-2)37-41-28-34-49(51)35-29-41/h24-35,38-39H,3-23,36-37,50-51H2,1-2H3. The van der Waals surface area contributed by atoms with E-state index in [0.29, 0.717) is 0 Å². The number of nitrogen functional groups attached to an aromatic ring is 2. The predicted molar refractivity (Wildman–Crippen MR) is 225 cm³/mol. The second kappa shape index (κ2) is 23.9. The van der Waals surface area contributed by atoms with E-state index < -0.39 is 0 Å². The van der Waals surface area contributed by atoms with Gasteiger partial charge in [-0.2, -0.15) is 0 Å². The van der Waals surface area contributed by atoms with Crippen molar-refractivity contribution >= 4 is 11.4 Å². The van der Waals surface area contributed by atoms with Crippen LogP contribution >= 0.6 is 0 Å². The lowest BCUT2D eigenvalue weighted by Crippen LogP contribution is -1.99. The summed E-state index contributed by atoms with van der Waals surface area (Å²) in [5.41, 5.74) is 25.4. The van der Waals surface area contributed by atoms with Crippen LogP contribution < -0.4 is 11.5 Å². The van der Waals surface area contributed by atoms with Crippen molar-refractivity contribution in [1.82, 2.24) is 0 Å². The van der Waals surface area contributed by atoms with Crippen LogP contribution in [-0.4, -0.2) is 0 Å². The number of nitrogens with two attached hydrogens (primary N) is 2. The van der Waals surface area contributed by atoms with Gasteiger partial charge in [0.15, 0.2) is 0 Å². The maximum atomic E-state index is 5.90. The Morgan fingerprint density at radius 2 is 0.608 bits per heavy atom. The maximum Gasteiger partial charge on any atom is 0.0314 e. The van der Waals surface area contributed by atoms with Crippen molar-refractivity contribution in [1.29, 1.82) is 0 Å². The van der Waals surface area contributed by atoms with Gasteiger partial charge < -0.3 is 11.5 Å². The van der Waals surface area contributed by atoms with Gasteiger partial charge in [0.1, 0.15) is 0 Å². The van der Waals surface area contributed by atoms with E-state index in [0.717, 1.165) is 24.2 Å². The number of hydrogen-bond acceptors (Lipinski definition) is 2. The summed E-state index contributed by atoms with van der Waals surface area (Å²) in [4.78, 5) is 0. The zero-order valence-electron chi connectivity index (χ0n) is 32.5. The highest BCUT2D eigenvalue weighted by atomic mass is 14.5.